The summed E-state index contributed by atoms with van der Waals surface area (Å²) in [5, 5.41) is 8.49. The van der Waals surface area contributed by atoms with E-state index in [2.05, 4.69) is 12.6 Å². The highest BCUT2D eigenvalue weighted by molar-refractivity contribution is 7.80. The quantitative estimate of drug-likeness (QED) is 0.282. The third kappa shape index (κ3) is 7.59. The van der Waals surface area contributed by atoms with Crippen LogP contribution < -0.4 is 0 Å². The Morgan fingerprint density at radius 2 is 2.00 bits per heavy atom. The molecule has 0 saturated heterocycles. The molecule has 0 bridgehead atoms. The van der Waals surface area contributed by atoms with Crippen molar-refractivity contribution in [2.75, 3.05) is 26.4 Å². The fourth-order valence-corrected chi connectivity index (χ4v) is 1.16. The van der Waals surface area contributed by atoms with Gasteiger partial charge in [0.15, 0.2) is 0 Å². The van der Waals surface area contributed by atoms with Gasteiger partial charge in [-0.1, -0.05) is 6.92 Å². The van der Waals surface area contributed by atoms with Crippen LogP contribution in [0, 0.1) is 0 Å². The molecule has 0 saturated carbocycles. The molecule has 5 nitrogen and oxygen atoms in total. The standard InChI is InChI=1S/C11H22O5S/c1-4-9(13)16-11(2,3)10(17)15-8-7-14-6-5-12/h10,12,17H,4-8H2,1-3H3. The average molecular weight is 266 g/mol. The summed E-state index contributed by atoms with van der Waals surface area (Å²) in [6.45, 7) is 6.20. The first-order chi connectivity index (χ1) is 7.94. The van der Waals surface area contributed by atoms with E-state index in [1.807, 2.05) is 0 Å². The zero-order chi connectivity index (χ0) is 13.3. The van der Waals surface area contributed by atoms with Gasteiger partial charge < -0.3 is 19.3 Å². The lowest BCUT2D eigenvalue weighted by molar-refractivity contribution is -0.164. The van der Waals surface area contributed by atoms with Crippen LogP contribution in [0.5, 0.6) is 0 Å². The van der Waals surface area contributed by atoms with Crippen LogP contribution in [0.4, 0.5) is 0 Å². The number of hydrogen-bond acceptors (Lipinski definition) is 6. The number of thiol groups is 1. The maximum atomic E-state index is 11.2. The number of carbonyl (C=O) groups excluding carboxylic acids is 1. The fourth-order valence-electron chi connectivity index (χ4n) is 1.00. The molecule has 17 heavy (non-hydrogen) atoms. The molecule has 102 valence electrons. The molecule has 0 rings (SSSR count). The van der Waals surface area contributed by atoms with Gasteiger partial charge in [0.25, 0.3) is 0 Å². The van der Waals surface area contributed by atoms with E-state index in [-0.39, 0.29) is 19.2 Å². The number of aliphatic hydroxyl groups excluding tert-OH is 1. The number of ether oxygens (including phenoxy) is 3. The first-order valence-electron chi connectivity index (χ1n) is 5.64. The van der Waals surface area contributed by atoms with Crippen molar-refractivity contribution in [3.8, 4) is 0 Å². The molecule has 0 aliphatic rings. The lowest BCUT2D eigenvalue weighted by atomic mass is 10.1. The summed E-state index contributed by atoms with van der Waals surface area (Å²) in [5.74, 6) is -0.283. The second-order valence-corrected chi connectivity index (χ2v) is 4.46. The average Bonchev–Trinajstić information content (AvgIpc) is 2.27. The van der Waals surface area contributed by atoms with E-state index >= 15 is 0 Å². The molecular weight excluding hydrogens is 244 g/mol. The van der Waals surface area contributed by atoms with Crippen molar-refractivity contribution in [1.29, 1.82) is 0 Å². The van der Waals surface area contributed by atoms with Crippen LogP contribution in [0.2, 0.25) is 0 Å². The Labute approximate surface area is 108 Å². The van der Waals surface area contributed by atoms with Crippen molar-refractivity contribution in [3.05, 3.63) is 0 Å². The van der Waals surface area contributed by atoms with Crippen molar-refractivity contribution < 1.29 is 24.1 Å². The molecular formula is C11H22O5S. The van der Waals surface area contributed by atoms with Gasteiger partial charge in [-0.25, -0.2) is 0 Å². The Hall–Kier alpha value is -0.300. The number of aliphatic hydroxyl groups is 1. The Kier molecular flexibility index (Phi) is 8.59. The maximum absolute atomic E-state index is 11.2. The molecule has 0 aliphatic heterocycles. The van der Waals surface area contributed by atoms with Gasteiger partial charge in [0.2, 0.25) is 0 Å². The number of esters is 1. The van der Waals surface area contributed by atoms with Crippen LogP contribution in [0.25, 0.3) is 0 Å². The number of rotatable bonds is 9. The predicted molar refractivity (Wildman–Crippen MR) is 67.1 cm³/mol. The summed E-state index contributed by atoms with van der Waals surface area (Å²) < 4.78 is 15.6. The lowest BCUT2D eigenvalue weighted by Gasteiger charge is -2.30. The summed E-state index contributed by atoms with van der Waals surface area (Å²) in [6, 6.07) is 0. The first kappa shape index (κ1) is 16.7. The van der Waals surface area contributed by atoms with Gasteiger partial charge in [-0.2, -0.15) is 0 Å². The molecule has 1 atom stereocenters. The van der Waals surface area contributed by atoms with Gasteiger partial charge in [-0.05, 0) is 13.8 Å². The van der Waals surface area contributed by atoms with E-state index in [1.165, 1.54) is 0 Å². The van der Waals surface area contributed by atoms with Gasteiger partial charge >= 0.3 is 5.97 Å². The van der Waals surface area contributed by atoms with Crippen LogP contribution >= 0.6 is 12.6 Å². The van der Waals surface area contributed by atoms with Crippen molar-refractivity contribution in [2.45, 2.75) is 38.2 Å². The number of hydrogen-bond donors (Lipinski definition) is 2. The van der Waals surface area contributed by atoms with Gasteiger partial charge in [0.05, 0.1) is 26.4 Å². The van der Waals surface area contributed by atoms with Crippen LogP contribution in [0.1, 0.15) is 27.2 Å². The van der Waals surface area contributed by atoms with Gasteiger partial charge in [0.1, 0.15) is 11.0 Å². The molecule has 0 heterocycles. The second-order valence-electron chi connectivity index (χ2n) is 3.99. The zero-order valence-electron chi connectivity index (χ0n) is 10.6. The Balaban J connectivity index is 3.86. The van der Waals surface area contributed by atoms with Gasteiger partial charge in [-0.3, -0.25) is 4.79 Å². The van der Waals surface area contributed by atoms with Crippen LogP contribution in [-0.2, 0) is 19.0 Å². The zero-order valence-corrected chi connectivity index (χ0v) is 11.5. The first-order valence-corrected chi connectivity index (χ1v) is 6.15. The van der Waals surface area contributed by atoms with E-state index < -0.39 is 11.0 Å². The van der Waals surface area contributed by atoms with Crippen LogP contribution in [0.15, 0.2) is 0 Å². The molecule has 1 unspecified atom stereocenters. The maximum Gasteiger partial charge on any atom is 0.306 e. The normalized spacial score (nSPS) is 13.5. The third-order valence-corrected chi connectivity index (χ3v) is 2.77. The second kappa shape index (κ2) is 8.74. The summed E-state index contributed by atoms with van der Waals surface area (Å²) in [5.41, 5.74) is -1.30. The molecule has 1 N–H and O–H groups in total. The number of carbonyl (C=O) groups is 1. The third-order valence-electron chi connectivity index (χ3n) is 2.00. The van der Waals surface area contributed by atoms with E-state index in [0.717, 1.165) is 0 Å². The monoisotopic (exact) mass is 266 g/mol. The summed E-state index contributed by atoms with van der Waals surface area (Å²) in [7, 11) is 0. The Bertz CT molecular complexity index is 220. The van der Waals surface area contributed by atoms with Crippen molar-refractivity contribution in [1.82, 2.24) is 0 Å². The topological polar surface area (TPSA) is 65.0 Å². The lowest BCUT2D eigenvalue weighted by Crippen LogP contribution is -2.39. The van der Waals surface area contributed by atoms with Gasteiger partial charge in [-0.15, -0.1) is 12.6 Å². The fraction of sp³-hybridized carbons (Fsp3) is 0.909. The molecule has 0 aromatic carbocycles. The summed E-state index contributed by atoms with van der Waals surface area (Å²) >= 11 is 4.24. The van der Waals surface area contributed by atoms with E-state index in [1.54, 1.807) is 20.8 Å². The molecule has 0 amide bonds. The molecule has 0 aromatic rings. The molecule has 0 spiro atoms. The van der Waals surface area contributed by atoms with E-state index in [0.29, 0.717) is 19.6 Å². The summed E-state index contributed by atoms with van der Waals surface area (Å²) in [4.78, 5) is 11.2. The van der Waals surface area contributed by atoms with Crippen LogP contribution in [-0.4, -0.2) is 48.5 Å². The molecule has 0 aliphatic carbocycles. The van der Waals surface area contributed by atoms with Crippen molar-refractivity contribution in [2.24, 2.45) is 0 Å². The molecule has 6 heteroatoms. The highest BCUT2D eigenvalue weighted by atomic mass is 32.1. The van der Waals surface area contributed by atoms with Crippen molar-refractivity contribution >= 4 is 18.6 Å². The van der Waals surface area contributed by atoms with Crippen molar-refractivity contribution in [3.63, 3.8) is 0 Å². The SMILES string of the molecule is CCC(=O)OC(C)(C)C(S)OCCOCCO. The van der Waals surface area contributed by atoms with Gasteiger partial charge in [0, 0.05) is 6.42 Å². The minimum Gasteiger partial charge on any atom is -0.456 e. The highest BCUT2D eigenvalue weighted by Gasteiger charge is 2.31. The highest BCUT2D eigenvalue weighted by Crippen LogP contribution is 2.21. The largest absolute Gasteiger partial charge is 0.456 e. The Morgan fingerprint density at radius 3 is 2.53 bits per heavy atom. The predicted octanol–water partition coefficient (Wildman–Crippen LogP) is 1.000. The molecule has 0 aromatic heterocycles. The van der Waals surface area contributed by atoms with Crippen LogP contribution in [0.3, 0.4) is 0 Å². The molecule has 0 radical (unpaired) electrons. The Morgan fingerprint density at radius 1 is 1.35 bits per heavy atom. The minimum atomic E-state index is -0.785. The van der Waals surface area contributed by atoms with E-state index in [9.17, 15) is 4.79 Å². The smallest absolute Gasteiger partial charge is 0.306 e. The van der Waals surface area contributed by atoms with E-state index in [4.69, 9.17) is 19.3 Å². The minimum absolute atomic E-state index is 0.0100. The summed E-state index contributed by atoms with van der Waals surface area (Å²) in [6.07, 6.45) is 0.323. The molecule has 0 fully saturated rings.